The van der Waals surface area contributed by atoms with Gasteiger partial charge in [-0.2, -0.15) is 0 Å². The lowest BCUT2D eigenvalue weighted by atomic mass is 10.1. The lowest BCUT2D eigenvalue weighted by Gasteiger charge is -2.30. The second-order valence-electron chi connectivity index (χ2n) is 8.27. The molecule has 1 aliphatic carbocycles. The fourth-order valence-corrected chi connectivity index (χ4v) is 5.38. The zero-order valence-corrected chi connectivity index (χ0v) is 21.3. The highest BCUT2D eigenvalue weighted by atomic mass is 35.5. The second-order valence-corrected chi connectivity index (χ2v) is 10.1. The van der Waals surface area contributed by atoms with Gasteiger partial charge in [-0.25, -0.2) is 0 Å². The zero-order chi connectivity index (χ0) is 23.8. The van der Waals surface area contributed by atoms with E-state index < -0.39 is 6.04 Å². The van der Waals surface area contributed by atoms with Crippen LogP contribution in [0.3, 0.4) is 0 Å². The van der Waals surface area contributed by atoms with E-state index in [1.54, 1.807) is 31.1 Å². The number of carbonyl (C=O) groups is 2. The van der Waals surface area contributed by atoms with Crippen LogP contribution in [-0.4, -0.2) is 41.7 Å². The highest BCUT2D eigenvalue weighted by Gasteiger charge is 2.28. The van der Waals surface area contributed by atoms with Gasteiger partial charge in [-0.1, -0.05) is 54.2 Å². The Kier molecular flexibility index (Phi) is 9.78. The Morgan fingerprint density at radius 1 is 1.18 bits per heavy atom. The minimum atomic E-state index is -0.580. The number of ether oxygens (including phenoxy) is 1. The van der Waals surface area contributed by atoms with Gasteiger partial charge in [0.05, 0.1) is 12.9 Å². The van der Waals surface area contributed by atoms with Crippen molar-refractivity contribution in [1.82, 2.24) is 10.2 Å². The number of thioether (sulfide) groups is 1. The summed E-state index contributed by atoms with van der Waals surface area (Å²) in [6, 6.07) is 12.6. The van der Waals surface area contributed by atoms with E-state index >= 15 is 0 Å². The van der Waals surface area contributed by atoms with Crippen LogP contribution >= 0.6 is 35.0 Å². The van der Waals surface area contributed by atoms with Gasteiger partial charge in [-0.05, 0) is 55.2 Å². The molecule has 8 heteroatoms. The monoisotopic (exact) mass is 508 g/mol. The first-order chi connectivity index (χ1) is 15.9. The molecule has 1 unspecified atom stereocenters. The van der Waals surface area contributed by atoms with Crippen molar-refractivity contribution in [2.45, 2.75) is 57.0 Å². The first kappa shape index (κ1) is 25.7. The normalized spacial score (nSPS) is 14.7. The molecular weight excluding hydrogens is 479 g/mol. The minimum Gasteiger partial charge on any atom is -0.497 e. The van der Waals surface area contributed by atoms with E-state index in [-0.39, 0.29) is 23.6 Å². The molecule has 1 saturated carbocycles. The molecule has 178 valence electrons. The molecule has 1 fully saturated rings. The van der Waals surface area contributed by atoms with Crippen LogP contribution in [0.25, 0.3) is 0 Å². The zero-order valence-electron chi connectivity index (χ0n) is 19.0. The van der Waals surface area contributed by atoms with Crippen molar-refractivity contribution < 1.29 is 14.3 Å². The van der Waals surface area contributed by atoms with Crippen molar-refractivity contribution in [3.63, 3.8) is 0 Å². The summed E-state index contributed by atoms with van der Waals surface area (Å²) in [5.41, 5.74) is 1.83. The molecule has 0 aromatic heterocycles. The average molecular weight is 509 g/mol. The van der Waals surface area contributed by atoms with Gasteiger partial charge >= 0.3 is 0 Å². The van der Waals surface area contributed by atoms with Gasteiger partial charge in [0.15, 0.2) is 0 Å². The summed E-state index contributed by atoms with van der Waals surface area (Å²) >= 11 is 13.7. The molecular formula is C25H30Cl2N2O3S. The number of hydrogen-bond acceptors (Lipinski definition) is 4. The molecule has 0 spiro atoms. The number of hydrogen-bond donors (Lipinski definition) is 1. The number of halogens is 2. The first-order valence-corrected chi connectivity index (χ1v) is 13.0. The van der Waals surface area contributed by atoms with E-state index in [1.165, 1.54) is 11.8 Å². The quantitative estimate of drug-likeness (QED) is 0.446. The predicted molar refractivity (Wildman–Crippen MR) is 136 cm³/mol. The van der Waals surface area contributed by atoms with E-state index in [4.69, 9.17) is 27.9 Å². The molecule has 1 aliphatic rings. The summed E-state index contributed by atoms with van der Waals surface area (Å²) in [4.78, 5) is 27.9. The highest BCUT2D eigenvalue weighted by Crippen LogP contribution is 2.25. The molecule has 3 rings (SSSR count). The molecule has 2 amide bonds. The Hall–Kier alpha value is -1.89. The maximum Gasteiger partial charge on any atom is 0.242 e. The van der Waals surface area contributed by atoms with Crippen LogP contribution in [0.5, 0.6) is 5.75 Å². The van der Waals surface area contributed by atoms with E-state index in [9.17, 15) is 9.59 Å². The minimum absolute atomic E-state index is 0.0954. The number of amides is 2. The van der Waals surface area contributed by atoms with Gasteiger partial charge < -0.3 is 15.0 Å². The van der Waals surface area contributed by atoms with Crippen LogP contribution in [0.4, 0.5) is 0 Å². The third-order valence-electron chi connectivity index (χ3n) is 5.85. The van der Waals surface area contributed by atoms with Crippen molar-refractivity contribution in [3.05, 3.63) is 63.6 Å². The number of nitrogens with one attached hydrogen (secondary N) is 1. The van der Waals surface area contributed by atoms with Crippen LogP contribution in [0, 0.1) is 0 Å². The number of methoxy groups -OCH3 is 1. The molecule has 5 nitrogen and oxygen atoms in total. The first-order valence-electron chi connectivity index (χ1n) is 11.1. The van der Waals surface area contributed by atoms with Gasteiger partial charge in [-0.15, -0.1) is 11.8 Å². The fraction of sp³-hybridized carbons (Fsp3) is 0.440. The standard InChI is InChI=1S/C25H30Cl2N2O3S/c1-17(25(31)28-21-7-3-4-8-21)29(14-18-6-5-9-22(12-18)32-2)24(30)16-33-15-19-10-11-20(26)13-23(19)27/h5-6,9-13,17,21H,3-4,7-8,14-16H2,1-2H3,(H,28,31). The molecule has 2 aromatic carbocycles. The number of nitrogens with zero attached hydrogens (tertiary/aromatic N) is 1. The Morgan fingerprint density at radius 3 is 2.64 bits per heavy atom. The van der Waals surface area contributed by atoms with E-state index in [1.807, 2.05) is 30.3 Å². The third kappa shape index (κ3) is 7.56. The number of carbonyl (C=O) groups excluding carboxylic acids is 2. The summed E-state index contributed by atoms with van der Waals surface area (Å²) < 4.78 is 5.32. The SMILES string of the molecule is COc1cccc(CN(C(=O)CSCc2ccc(Cl)cc2Cl)C(C)C(=O)NC2CCCC2)c1. The van der Waals surface area contributed by atoms with Crippen molar-refractivity contribution in [3.8, 4) is 5.75 Å². The largest absolute Gasteiger partial charge is 0.497 e. The van der Waals surface area contributed by atoms with Crippen LogP contribution in [-0.2, 0) is 21.9 Å². The van der Waals surface area contributed by atoms with Crippen LogP contribution in [0.1, 0.15) is 43.7 Å². The Bertz CT molecular complexity index is 966. The molecule has 0 aliphatic heterocycles. The summed E-state index contributed by atoms with van der Waals surface area (Å²) in [5.74, 6) is 1.34. The van der Waals surface area contributed by atoms with E-state index in [0.717, 1.165) is 42.6 Å². The molecule has 1 N–H and O–H groups in total. The predicted octanol–water partition coefficient (Wildman–Crippen LogP) is 5.71. The Morgan fingerprint density at radius 2 is 1.94 bits per heavy atom. The Balaban J connectivity index is 1.68. The number of rotatable bonds is 10. The van der Waals surface area contributed by atoms with Crippen LogP contribution < -0.4 is 10.1 Å². The van der Waals surface area contributed by atoms with Gasteiger partial charge in [0, 0.05) is 28.4 Å². The summed E-state index contributed by atoms with van der Waals surface area (Å²) in [6.45, 7) is 2.13. The second kappa shape index (κ2) is 12.5. The van der Waals surface area contributed by atoms with E-state index in [2.05, 4.69) is 5.32 Å². The van der Waals surface area contributed by atoms with Crippen LogP contribution in [0.2, 0.25) is 10.0 Å². The molecule has 0 heterocycles. The fourth-order valence-electron chi connectivity index (χ4n) is 3.91. The maximum atomic E-state index is 13.3. The molecule has 33 heavy (non-hydrogen) atoms. The smallest absolute Gasteiger partial charge is 0.242 e. The summed E-state index contributed by atoms with van der Waals surface area (Å²) in [5, 5.41) is 4.29. The van der Waals surface area contributed by atoms with Gasteiger partial charge in [0.25, 0.3) is 0 Å². The lowest BCUT2D eigenvalue weighted by Crippen LogP contribution is -2.50. The van der Waals surface area contributed by atoms with Crippen molar-refractivity contribution >= 4 is 46.8 Å². The highest BCUT2D eigenvalue weighted by molar-refractivity contribution is 7.99. The average Bonchev–Trinajstić information content (AvgIpc) is 3.31. The molecule has 0 radical (unpaired) electrons. The van der Waals surface area contributed by atoms with Crippen molar-refractivity contribution in [2.24, 2.45) is 0 Å². The topological polar surface area (TPSA) is 58.6 Å². The molecule has 1 atom stereocenters. The van der Waals surface area contributed by atoms with Crippen LogP contribution in [0.15, 0.2) is 42.5 Å². The maximum absolute atomic E-state index is 13.3. The van der Waals surface area contributed by atoms with Gasteiger partial charge in [-0.3, -0.25) is 9.59 Å². The van der Waals surface area contributed by atoms with E-state index in [0.29, 0.717) is 22.3 Å². The summed E-state index contributed by atoms with van der Waals surface area (Å²) in [6.07, 6.45) is 4.27. The van der Waals surface area contributed by atoms with Crippen molar-refractivity contribution in [1.29, 1.82) is 0 Å². The van der Waals surface area contributed by atoms with Gasteiger partial charge in [0.1, 0.15) is 11.8 Å². The molecule has 0 saturated heterocycles. The lowest BCUT2D eigenvalue weighted by molar-refractivity contribution is -0.138. The summed E-state index contributed by atoms with van der Waals surface area (Å²) in [7, 11) is 1.61. The molecule has 2 aromatic rings. The third-order valence-corrected chi connectivity index (χ3v) is 7.41. The van der Waals surface area contributed by atoms with Crippen molar-refractivity contribution in [2.75, 3.05) is 12.9 Å². The molecule has 0 bridgehead atoms. The Labute approximate surface area is 210 Å². The van der Waals surface area contributed by atoms with Gasteiger partial charge in [0.2, 0.25) is 11.8 Å². The number of benzene rings is 2.